The molecule has 0 bridgehead atoms. The molecule has 0 radical (unpaired) electrons. The van der Waals surface area contributed by atoms with Gasteiger partial charge in [0.05, 0.1) is 0 Å². The Balaban J connectivity index is 2.76. The van der Waals surface area contributed by atoms with Crippen LogP contribution < -0.4 is 0 Å². The lowest BCUT2D eigenvalue weighted by molar-refractivity contribution is 0.591. The van der Waals surface area contributed by atoms with Crippen LogP contribution in [0.1, 0.15) is 26.3 Å². The van der Waals surface area contributed by atoms with Gasteiger partial charge in [-0.25, -0.2) is 0 Å². The van der Waals surface area contributed by atoms with Crippen LogP contribution in [0, 0.1) is 0 Å². The first-order valence-electron chi connectivity index (χ1n) is 5.01. The Morgan fingerprint density at radius 3 is 2.06 bits per heavy atom. The maximum absolute atomic E-state index is 6.02. The molecule has 4 heteroatoms. The molecule has 0 unspecified atom stereocenters. The van der Waals surface area contributed by atoms with Crippen molar-refractivity contribution in [1.82, 2.24) is 10.2 Å². The van der Waals surface area contributed by atoms with Crippen molar-refractivity contribution >= 4 is 34.0 Å². The van der Waals surface area contributed by atoms with Crippen molar-refractivity contribution in [2.24, 2.45) is 0 Å². The van der Waals surface area contributed by atoms with Crippen LogP contribution >= 0.6 is 23.2 Å². The summed E-state index contributed by atoms with van der Waals surface area (Å²) in [4.78, 5) is 0. The summed E-state index contributed by atoms with van der Waals surface area (Å²) in [6, 6.07) is 6.02. The summed E-state index contributed by atoms with van der Waals surface area (Å²) >= 11 is 12.0. The van der Waals surface area contributed by atoms with E-state index in [4.69, 9.17) is 23.2 Å². The minimum atomic E-state index is 0.0767. The Labute approximate surface area is 105 Å². The molecule has 0 N–H and O–H groups in total. The molecular formula is C12H12Cl2N2. The van der Waals surface area contributed by atoms with Crippen LogP contribution in [-0.4, -0.2) is 10.2 Å². The number of aromatic nitrogens is 2. The minimum Gasteiger partial charge on any atom is -0.136 e. The van der Waals surface area contributed by atoms with Crippen molar-refractivity contribution in [3.8, 4) is 0 Å². The third kappa shape index (κ3) is 2.00. The highest BCUT2D eigenvalue weighted by molar-refractivity contribution is 6.38. The second kappa shape index (κ2) is 3.86. The lowest BCUT2D eigenvalue weighted by Gasteiger charge is -2.19. The molecule has 0 fully saturated rings. The molecule has 84 valence electrons. The Hall–Kier alpha value is -0.860. The number of hydrogen-bond acceptors (Lipinski definition) is 2. The zero-order valence-electron chi connectivity index (χ0n) is 9.38. The molecular weight excluding hydrogens is 243 g/mol. The van der Waals surface area contributed by atoms with Gasteiger partial charge in [-0.15, -0.1) is 10.2 Å². The van der Waals surface area contributed by atoms with Crippen LogP contribution in [0.2, 0.25) is 10.3 Å². The van der Waals surface area contributed by atoms with Crippen molar-refractivity contribution in [3.05, 3.63) is 34.1 Å². The van der Waals surface area contributed by atoms with Gasteiger partial charge in [-0.1, -0.05) is 56.1 Å². The summed E-state index contributed by atoms with van der Waals surface area (Å²) in [5, 5.41) is 10.1. The lowest BCUT2D eigenvalue weighted by Crippen LogP contribution is -2.10. The number of nitrogens with zero attached hydrogens (tertiary/aromatic N) is 2. The van der Waals surface area contributed by atoms with E-state index >= 15 is 0 Å². The molecule has 0 aliphatic rings. The zero-order chi connectivity index (χ0) is 11.9. The molecule has 1 heterocycles. The van der Waals surface area contributed by atoms with E-state index in [9.17, 15) is 0 Å². The first-order valence-corrected chi connectivity index (χ1v) is 5.77. The van der Waals surface area contributed by atoms with Crippen molar-refractivity contribution in [2.75, 3.05) is 0 Å². The molecule has 0 saturated heterocycles. The highest BCUT2D eigenvalue weighted by Gasteiger charge is 2.15. The predicted octanol–water partition coefficient (Wildman–Crippen LogP) is 4.23. The van der Waals surface area contributed by atoms with Crippen LogP contribution in [0.5, 0.6) is 0 Å². The highest BCUT2D eigenvalue weighted by Crippen LogP contribution is 2.31. The maximum Gasteiger partial charge on any atom is 0.159 e. The van der Waals surface area contributed by atoms with Gasteiger partial charge in [0.1, 0.15) is 0 Å². The van der Waals surface area contributed by atoms with Crippen molar-refractivity contribution < 1.29 is 0 Å². The Morgan fingerprint density at radius 2 is 1.50 bits per heavy atom. The molecule has 1 aromatic heterocycles. The quantitative estimate of drug-likeness (QED) is 0.703. The van der Waals surface area contributed by atoms with Crippen molar-refractivity contribution in [1.29, 1.82) is 0 Å². The number of hydrogen-bond donors (Lipinski definition) is 0. The van der Waals surface area contributed by atoms with Gasteiger partial charge in [-0.05, 0) is 17.0 Å². The molecule has 0 atom stereocenters. The fourth-order valence-electron chi connectivity index (χ4n) is 1.56. The van der Waals surface area contributed by atoms with Crippen molar-refractivity contribution in [3.63, 3.8) is 0 Å². The third-order valence-corrected chi connectivity index (χ3v) is 3.11. The summed E-state index contributed by atoms with van der Waals surface area (Å²) < 4.78 is 0. The monoisotopic (exact) mass is 254 g/mol. The van der Waals surface area contributed by atoms with E-state index in [1.165, 1.54) is 5.56 Å². The molecule has 0 aliphatic heterocycles. The van der Waals surface area contributed by atoms with Gasteiger partial charge in [0.25, 0.3) is 0 Å². The molecule has 1 aromatic carbocycles. The maximum atomic E-state index is 6.02. The van der Waals surface area contributed by atoms with Gasteiger partial charge in [0.15, 0.2) is 10.3 Å². The van der Waals surface area contributed by atoms with Gasteiger partial charge in [-0.3, -0.25) is 0 Å². The number of fused-ring (bicyclic) bond motifs is 1. The van der Waals surface area contributed by atoms with E-state index in [1.807, 2.05) is 18.2 Å². The van der Waals surface area contributed by atoms with Crippen LogP contribution in [0.4, 0.5) is 0 Å². The smallest absolute Gasteiger partial charge is 0.136 e. The first-order chi connectivity index (χ1) is 7.39. The fourth-order valence-corrected chi connectivity index (χ4v) is 1.95. The normalized spacial score (nSPS) is 12.1. The lowest BCUT2D eigenvalue weighted by atomic mass is 9.86. The molecule has 0 aliphatic carbocycles. The van der Waals surface area contributed by atoms with E-state index in [-0.39, 0.29) is 5.41 Å². The third-order valence-electron chi connectivity index (χ3n) is 2.56. The minimum absolute atomic E-state index is 0.0767. The Morgan fingerprint density at radius 1 is 0.938 bits per heavy atom. The highest BCUT2D eigenvalue weighted by atomic mass is 35.5. The van der Waals surface area contributed by atoms with Crippen molar-refractivity contribution in [2.45, 2.75) is 26.2 Å². The summed E-state index contributed by atoms with van der Waals surface area (Å²) in [5.41, 5.74) is 1.28. The molecule has 0 saturated carbocycles. The molecule has 0 amide bonds. The van der Waals surface area contributed by atoms with Gasteiger partial charge in [-0.2, -0.15) is 0 Å². The number of rotatable bonds is 0. The van der Waals surface area contributed by atoms with E-state index in [0.717, 1.165) is 10.8 Å². The van der Waals surface area contributed by atoms with Gasteiger partial charge >= 0.3 is 0 Å². The molecule has 16 heavy (non-hydrogen) atoms. The summed E-state index contributed by atoms with van der Waals surface area (Å²) in [6.07, 6.45) is 0. The van der Waals surface area contributed by atoms with Crippen LogP contribution in [-0.2, 0) is 5.41 Å². The van der Waals surface area contributed by atoms with Gasteiger partial charge in [0.2, 0.25) is 0 Å². The molecule has 2 aromatic rings. The average molecular weight is 255 g/mol. The second-order valence-corrected chi connectivity index (χ2v) is 5.51. The van der Waals surface area contributed by atoms with Crippen LogP contribution in [0.25, 0.3) is 10.8 Å². The first kappa shape index (κ1) is 11.6. The largest absolute Gasteiger partial charge is 0.159 e. The van der Waals surface area contributed by atoms with Gasteiger partial charge < -0.3 is 0 Å². The van der Waals surface area contributed by atoms with Crippen LogP contribution in [0.3, 0.4) is 0 Å². The second-order valence-electron chi connectivity index (χ2n) is 4.79. The van der Waals surface area contributed by atoms with Crippen LogP contribution in [0.15, 0.2) is 18.2 Å². The Kier molecular flexibility index (Phi) is 2.81. The Bertz CT molecular complexity index is 544. The predicted molar refractivity (Wildman–Crippen MR) is 68.3 cm³/mol. The summed E-state index contributed by atoms with van der Waals surface area (Å²) in [5.74, 6) is 0. The molecule has 0 spiro atoms. The fraction of sp³-hybridized carbons (Fsp3) is 0.333. The topological polar surface area (TPSA) is 25.8 Å². The van der Waals surface area contributed by atoms with Gasteiger partial charge in [0, 0.05) is 10.8 Å². The van der Waals surface area contributed by atoms with E-state index in [2.05, 4.69) is 31.0 Å². The van der Waals surface area contributed by atoms with E-state index in [1.54, 1.807) is 0 Å². The zero-order valence-corrected chi connectivity index (χ0v) is 10.9. The SMILES string of the molecule is CC(C)(C)c1ccc2c(Cl)nnc(Cl)c2c1. The van der Waals surface area contributed by atoms with E-state index < -0.39 is 0 Å². The molecule has 2 nitrogen and oxygen atoms in total. The summed E-state index contributed by atoms with van der Waals surface area (Å²) in [7, 11) is 0. The molecule has 2 rings (SSSR count). The van der Waals surface area contributed by atoms with E-state index in [0.29, 0.717) is 10.3 Å². The number of halogens is 2. The average Bonchev–Trinajstić information content (AvgIpc) is 2.22. The summed E-state index contributed by atoms with van der Waals surface area (Å²) in [6.45, 7) is 6.45. The number of benzene rings is 1. The standard InChI is InChI=1S/C12H12Cl2N2/c1-12(2,3)7-4-5-8-9(6-7)11(14)16-15-10(8)13/h4-6H,1-3H3.